The monoisotopic (exact) mass is 239 g/mol. The molecule has 4 heteroatoms. The summed E-state index contributed by atoms with van der Waals surface area (Å²) in [5.74, 6) is 0.0473. The predicted octanol–water partition coefficient (Wildman–Crippen LogP) is 0.753. The molecule has 1 fully saturated rings. The lowest BCUT2D eigenvalue weighted by Gasteiger charge is -2.16. The molecule has 0 aromatic rings. The number of hydrogen-bond donors (Lipinski definition) is 2. The summed E-state index contributed by atoms with van der Waals surface area (Å²) >= 11 is 0. The van der Waals surface area contributed by atoms with E-state index in [2.05, 4.69) is 22.1 Å². The second-order valence-corrected chi connectivity index (χ2v) is 4.61. The Morgan fingerprint density at radius 2 is 2.18 bits per heavy atom. The van der Waals surface area contributed by atoms with Crippen LogP contribution in [0.5, 0.6) is 0 Å². The van der Waals surface area contributed by atoms with Crippen molar-refractivity contribution < 1.29 is 4.79 Å². The van der Waals surface area contributed by atoms with Crippen molar-refractivity contribution in [3.63, 3.8) is 0 Å². The molecule has 17 heavy (non-hydrogen) atoms. The number of hydrogen-bond acceptors (Lipinski definition) is 3. The molecular formula is C13H25N3O. The van der Waals surface area contributed by atoms with Gasteiger partial charge in [0.15, 0.2) is 0 Å². The van der Waals surface area contributed by atoms with Gasteiger partial charge in [-0.2, -0.15) is 0 Å². The van der Waals surface area contributed by atoms with E-state index < -0.39 is 0 Å². The van der Waals surface area contributed by atoms with Gasteiger partial charge in [-0.3, -0.25) is 4.79 Å². The number of nitrogens with one attached hydrogen (secondary N) is 2. The third-order valence-corrected chi connectivity index (χ3v) is 3.11. The normalized spacial score (nSPS) is 17.9. The van der Waals surface area contributed by atoms with Crippen molar-refractivity contribution in [3.05, 3.63) is 12.7 Å². The van der Waals surface area contributed by atoms with Crippen molar-refractivity contribution >= 4 is 5.91 Å². The van der Waals surface area contributed by atoms with Crippen LogP contribution in [0.3, 0.4) is 0 Å². The molecule has 1 unspecified atom stereocenters. The van der Waals surface area contributed by atoms with Gasteiger partial charge in [-0.15, -0.1) is 6.58 Å². The molecule has 0 radical (unpaired) electrons. The Labute approximate surface area is 104 Å². The van der Waals surface area contributed by atoms with E-state index in [4.69, 9.17) is 0 Å². The molecule has 4 nitrogen and oxygen atoms in total. The van der Waals surface area contributed by atoms with Crippen molar-refractivity contribution in [2.24, 2.45) is 0 Å². The van der Waals surface area contributed by atoms with E-state index in [1.165, 1.54) is 25.9 Å². The first-order chi connectivity index (χ1) is 8.24. The first-order valence-electron chi connectivity index (χ1n) is 6.58. The van der Waals surface area contributed by atoms with Crippen molar-refractivity contribution in [1.82, 2.24) is 15.5 Å². The van der Waals surface area contributed by atoms with E-state index in [1.807, 2.05) is 6.92 Å². The number of carbonyl (C=O) groups excluding carboxylic acids is 1. The van der Waals surface area contributed by atoms with E-state index in [0.29, 0.717) is 6.54 Å². The fourth-order valence-corrected chi connectivity index (χ4v) is 2.05. The molecule has 2 N–H and O–H groups in total. The summed E-state index contributed by atoms with van der Waals surface area (Å²) in [5.41, 5.74) is 0. The molecule has 0 aromatic heterocycles. The van der Waals surface area contributed by atoms with Crippen LogP contribution in [0.15, 0.2) is 12.7 Å². The van der Waals surface area contributed by atoms with Gasteiger partial charge in [0, 0.05) is 6.54 Å². The smallest absolute Gasteiger partial charge is 0.237 e. The summed E-state index contributed by atoms with van der Waals surface area (Å²) in [4.78, 5) is 14.0. The van der Waals surface area contributed by atoms with Crippen molar-refractivity contribution in [3.8, 4) is 0 Å². The molecule has 98 valence electrons. The molecule has 1 heterocycles. The average Bonchev–Trinajstić information content (AvgIpc) is 2.84. The molecule has 0 spiro atoms. The van der Waals surface area contributed by atoms with E-state index in [1.54, 1.807) is 6.08 Å². The zero-order valence-corrected chi connectivity index (χ0v) is 10.9. The average molecular weight is 239 g/mol. The second kappa shape index (κ2) is 8.25. The van der Waals surface area contributed by atoms with Crippen molar-refractivity contribution in [2.75, 3.05) is 32.7 Å². The molecule has 1 aliphatic heterocycles. The van der Waals surface area contributed by atoms with Crippen LogP contribution >= 0.6 is 0 Å². The maximum atomic E-state index is 11.5. The molecular weight excluding hydrogens is 214 g/mol. The lowest BCUT2D eigenvalue weighted by Crippen LogP contribution is -2.43. The van der Waals surface area contributed by atoms with Gasteiger partial charge in [0.25, 0.3) is 0 Å². The van der Waals surface area contributed by atoms with Crippen LogP contribution in [0.2, 0.25) is 0 Å². The van der Waals surface area contributed by atoms with Crippen LogP contribution in [0, 0.1) is 0 Å². The molecule has 1 aliphatic rings. The predicted molar refractivity (Wildman–Crippen MR) is 71.0 cm³/mol. The highest BCUT2D eigenvalue weighted by atomic mass is 16.2. The highest BCUT2D eigenvalue weighted by Crippen LogP contribution is 2.06. The molecule has 1 rings (SSSR count). The first kappa shape index (κ1) is 14.2. The van der Waals surface area contributed by atoms with Gasteiger partial charge in [-0.25, -0.2) is 0 Å². The second-order valence-electron chi connectivity index (χ2n) is 4.61. The Kier molecular flexibility index (Phi) is 6.89. The van der Waals surface area contributed by atoms with E-state index in [0.717, 1.165) is 19.5 Å². The Bertz CT molecular complexity index is 237. The molecule has 1 atom stereocenters. The third kappa shape index (κ3) is 5.84. The fourth-order valence-electron chi connectivity index (χ4n) is 2.05. The third-order valence-electron chi connectivity index (χ3n) is 3.11. The molecule has 0 saturated carbocycles. The van der Waals surface area contributed by atoms with Gasteiger partial charge in [0.1, 0.15) is 0 Å². The van der Waals surface area contributed by atoms with Crippen LogP contribution in [-0.4, -0.2) is 49.6 Å². The van der Waals surface area contributed by atoms with Gasteiger partial charge in [0.05, 0.1) is 6.04 Å². The number of likely N-dealkylation sites (tertiary alicyclic amines) is 1. The number of nitrogens with zero attached hydrogens (tertiary/aromatic N) is 1. The van der Waals surface area contributed by atoms with Gasteiger partial charge < -0.3 is 15.5 Å². The SMILES string of the molecule is C=CCNC(=O)C(C)NCCCN1CCCC1. The maximum absolute atomic E-state index is 11.5. The zero-order chi connectivity index (χ0) is 12.5. The molecule has 0 aromatic carbocycles. The van der Waals surface area contributed by atoms with Gasteiger partial charge in [-0.05, 0) is 52.4 Å². The minimum atomic E-state index is -0.117. The quantitative estimate of drug-likeness (QED) is 0.485. The lowest BCUT2D eigenvalue weighted by molar-refractivity contribution is -0.122. The van der Waals surface area contributed by atoms with Crippen LogP contribution in [0.4, 0.5) is 0 Å². The van der Waals surface area contributed by atoms with Crippen LogP contribution < -0.4 is 10.6 Å². The van der Waals surface area contributed by atoms with Crippen LogP contribution in [0.1, 0.15) is 26.2 Å². The highest BCUT2D eigenvalue weighted by molar-refractivity contribution is 5.81. The Morgan fingerprint density at radius 1 is 1.47 bits per heavy atom. The number of amides is 1. The minimum absolute atomic E-state index is 0.0473. The minimum Gasteiger partial charge on any atom is -0.351 e. The maximum Gasteiger partial charge on any atom is 0.237 e. The van der Waals surface area contributed by atoms with Crippen molar-refractivity contribution in [1.29, 1.82) is 0 Å². The van der Waals surface area contributed by atoms with Gasteiger partial charge >= 0.3 is 0 Å². The Balaban J connectivity index is 2.00. The number of rotatable bonds is 8. The van der Waals surface area contributed by atoms with Gasteiger partial charge in [0.2, 0.25) is 5.91 Å². The largest absolute Gasteiger partial charge is 0.351 e. The first-order valence-corrected chi connectivity index (χ1v) is 6.58. The molecule has 0 aliphatic carbocycles. The highest BCUT2D eigenvalue weighted by Gasteiger charge is 2.12. The molecule has 1 amide bonds. The van der Waals surface area contributed by atoms with Gasteiger partial charge in [-0.1, -0.05) is 6.08 Å². The summed E-state index contributed by atoms with van der Waals surface area (Å²) < 4.78 is 0. The Morgan fingerprint density at radius 3 is 2.82 bits per heavy atom. The van der Waals surface area contributed by atoms with E-state index in [-0.39, 0.29) is 11.9 Å². The van der Waals surface area contributed by atoms with Crippen LogP contribution in [0.25, 0.3) is 0 Å². The summed E-state index contributed by atoms with van der Waals surface area (Å²) in [6.45, 7) is 10.5. The van der Waals surface area contributed by atoms with Crippen LogP contribution in [-0.2, 0) is 4.79 Å². The summed E-state index contributed by atoms with van der Waals surface area (Å²) in [5, 5.41) is 6.03. The van der Waals surface area contributed by atoms with Crippen molar-refractivity contribution in [2.45, 2.75) is 32.2 Å². The zero-order valence-electron chi connectivity index (χ0n) is 10.9. The summed E-state index contributed by atoms with van der Waals surface area (Å²) in [7, 11) is 0. The molecule has 1 saturated heterocycles. The molecule has 0 bridgehead atoms. The standard InChI is InChI=1S/C13H25N3O/c1-3-7-15-13(17)12(2)14-8-6-11-16-9-4-5-10-16/h3,12,14H,1,4-11H2,2H3,(H,15,17). The lowest BCUT2D eigenvalue weighted by atomic mass is 10.3. The summed E-state index contributed by atoms with van der Waals surface area (Å²) in [6, 6.07) is -0.117. The fraction of sp³-hybridized carbons (Fsp3) is 0.769. The van der Waals surface area contributed by atoms with E-state index >= 15 is 0 Å². The Hall–Kier alpha value is -0.870. The van der Waals surface area contributed by atoms with E-state index in [9.17, 15) is 4.79 Å². The topological polar surface area (TPSA) is 44.4 Å². The summed E-state index contributed by atoms with van der Waals surface area (Å²) in [6.07, 6.45) is 5.48. The number of carbonyl (C=O) groups is 1.